The van der Waals surface area contributed by atoms with Gasteiger partial charge in [-0.1, -0.05) is 0 Å². The normalized spacial score (nSPS) is 14.0. The first kappa shape index (κ1) is 17.9. The van der Waals surface area contributed by atoms with Gasteiger partial charge in [0.05, 0.1) is 13.2 Å². The third-order valence-electron chi connectivity index (χ3n) is 3.58. The summed E-state index contributed by atoms with van der Waals surface area (Å²) in [6.07, 6.45) is 0. The topological polar surface area (TPSA) is 47.7 Å². The number of halogens is 1. The molecule has 0 aliphatic carbocycles. The van der Waals surface area contributed by atoms with Crippen LogP contribution in [0.15, 0.2) is 12.1 Å². The van der Waals surface area contributed by atoms with Gasteiger partial charge < -0.3 is 20.1 Å². The molecule has 4 nitrogen and oxygen atoms in total. The number of anilines is 1. The van der Waals surface area contributed by atoms with Crippen molar-refractivity contribution in [2.45, 2.75) is 32.9 Å². The van der Waals surface area contributed by atoms with E-state index in [2.05, 4.69) is 11.8 Å². The second-order valence-corrected chi connectivity index (χ2v) is 5.44. The maximum absolute atomic E-state index is 13.9. The first-order chi connectivity index (χ1) is 9.92. The third kappa shape index (κ3) is 4.66. The number of hydrogen-bond donors (Lipinski definition) is 1. The van der Waals surface area contributed by atoms with Gasteiger partial charge in [-0.2, -0.15) is 0 Å². The number of nitrogens with zero attached hydrogens (tertiary/aromatic N) is 1. The molecule has 1 aromatic rings. The zero-order chi connectivity index (χ0) is 16.0. The van der Waals surface area contributed by atoms with E-state index in [4.69, 9.17) is 15.2 Å². The predicted molar refractivity (Wildman–Crippen MR) is 84.3 cm³/mol. The highest BCUT2D eigenvalue weighted by Crippen LogP contribution is 2.29. The molecular formula is C16H27FN2O2. The summed E-state index contributed by atoms with van der Waals surface area (Å²) in [5.41, 5.74) is 8.38. The van der Waals surface area contributed by atoms with E-state index < -0.39 is 0 Å². The molecule has 0 saturated heterocycles. The molecule has 0 spiro atoms. The molecule has 1 aromatic carbocycles. The molecule has 1 rings (SSSR count). The Hall–Kier alpha value is -1.17. The standard InChI is InChI=1S/C16H27FN2O2/c1-11-8-16(14(13(3)18)9-15(11)17)19(6-7-20-4)12(2)10-21-5/h8-9,12-13H,6-7,10,18H2,1-5H3/t12?,13-/m1/s1. The van der Waals surface area contributed by atoms with Gasteiger partial charge in [0.2, 0.25) is 0 Å². The summed E-state index contributed by atoms with van der Waals surface area (Å²) in [5, 5.41) is 0. The quantitative estimate of drug-likeness (QED) is 0.801. The average molecular weight is 298 g/mol. The van der Waals surface area contributed by atoms with Crippen molar-refractivity contribution >= 4 is 5.69 Å². The monoisotopic (exact) mass is 298 g/mol. The lowest BCUT2D eigenvalue weighted by Gasteiger charge is -2.33. The van der Waals surface area contributed by atoms with E-state index in [1.54, 1.807) is 21.1 Å². The Morgan fingerprint density at radius 3 is 2.43 bits per heavy atom. The molecule has 0 saturated carbocycles. The highest BCUT2D eigenvalue weighted by atomic mass is 19.1. The molecule has 2 atom stereocenters. The van der Waals surface area contributed by atoms with Crippen LogP contribution in [0.2, 0.25) is 0 Å². The Kier molecular flexibility index (Phi) is 7.08. The van der Waals surface area contributed by atoms with Crippen LogP contribution in [0.4, 0.5) is 10.1 Å². The van der Waals surface area contributed by atoms with Gasteiger partial charge in [-0.25, -0.2) is 4.39 Å². The van der Waals surface area contributed by atoms with E-state index in [9.17, 15) is 4.39 Å². The van der Waals surface area contributed by atoms with Crippen molar-refractivity contribution in [2.24, 2.45) is 5.73 Å². The lowest BCUT2D eigenvalue weighted by Crippen LogP contribution is -2.39. The largest absolute Gasteiger partial charge is 0.383 e. The maximum Gasteiger partial charge on any atom is 0.126 e. The SMILES string of the molecule is COCCN(c1cc(C)c(F)cc1[C@@H](C)N)C(C)COC. The number of hydrogen-bond acceptors (Lipinski definition) is 4. The lowest BCUT2D eigenvalue weighted by molar-refractivity contribution is 0.171. The number of ether oxygens (including phenoxy) is 2. The minimum atomic E-state index is -0.241. The van der Waals surface area contributed by atoms with Crippen LogP contribution in [0.5, 0.6) is 0 Å². The molecule has 2 N–H and O–H groups in total. The Labute approximate surface area is 127 Å². The summed E-state index contributed by atoms with van der Waals surface area (Å²) in [4.78, 5) is 2.16. The number of nitrogens with two attached hydrogens (primary N) is 1. The molecule has 21 heavy (non-hydrogen) atoms. The van der Waals surface area contributed by atoms with Crippen molar-refractivity contribution in [3.8, 4) is 0 Å². The second-order valence-electron chi connectivity index (χ2n) is 5.44. The minimum Gasteiger partial charge on any atom is -0.383 e. The predicted octanol–water partition coefficient (Wildman–Crippen LogP) is 2.64. The van der Waals surface area contributed by atoms with E-state index in [1.807, 2.05) is 13.0 Å². The molecule has 120 valence electrons. The van der Waals surface area contributed by atoms with Crippen molar-refractivity contribution in [3.63, 3.8) is 0 Å². The van der Waals surface area contributed by atoms with Gasteiger partial charge in [0, 0.05) is 38.5 Å². The summed E-state index contributed by atoms with van der Waals surface area (Å²) in [6.45, 7) is 7.57. The van der Waals surface area contributed by atoms with Crippen LogP contribution in [0.25, 0.3) is 0 Å². The van der Waals surface area contributed by atoms with Crippen molar-refractivity contribution in [1.82, 2.24) is 0 Å². The van der Waals surface area contributed by atoms with Gasteiger partial charge in [0.15, 0.2) is 0 Å². The fourth-order valence-corrected chi connectivity index (χ4v) is 2.39. The molecule has 0 heterocycles. The fourth-order valence-electron chi connectivity index (χ4n) is 2.39. The molecule has 0 aliphatic heterocycles. The molecule has 0 radical (unpaired) electrons. The van der Waals surface area contributed by atoms with Crippen molar-refractivity contribution in [2.75, 3.05) is 38.9 Å². The van der Waals surface area contributed by atoms with E-state index in [0.717, 1.165) is 11.3 Å². The zero-order valence-corrected chi connectivity index (χ0v) is 13.6. The summed E-state index contributed by atoms with van der Waals surface area (Å²) in [7, 11) is 3.34. The zero-order valence-electron chi connectivity index (χ0n) is 13.6. The Balaban J connectivity index is 3.24. The first-order valence-electron chi connectivity index (χ1n) is 7.22. The highest BCUT2D eigenvalue weighted by Gasteiger charge is 2.20. The number of rotatable bonds is 8. The van der Waals surface area contributed by atoms with Crippen LogP contribution >= 0.6 is 0 Å². The van der Waals surface area contributed by atoms with E-state index in [-0.39, 0.29) is 17.9 Å². The van der Waals surface area contributed by atoms with E-state index >= 15 is 0 Å². The number of methoxy groups -OCH3 is 2. The van der Waals surface area contributed by atoms with Gasteiger partial charge in [-0.15, -0.1) is 0 Å². The summed E-state index contributed by atoms with van der Waals surface area (Å²) in [5.74, 6) is -0.225. The van der Waals surface area contributed by atoms with Crippen molar-refractivity contribution in [1.29, 1.82) is 0 Å². The molecule has 0 bridgehead atoms. The number of benzene rings is 1. The van der Waals surface area contributed by atoms with Crippen LogP contribution in [-0.2, 0) is 9.47 Å². The first-order valence-corrected chi connectivity index (χ1v) is 7.22. The summed E-state index contributed by atoms with van der Waals surface area (Å²) in [6, 6.07) is 3.30. The Morgan fingerprint density at radius 2 is 1.90 bits per heavy atom. The fraction of sp³-hybridized carbons (Fsp3) is 0.625. The van der Waals surface area contributed by atoms with Gasteiger partial charge in [0.1, 0.15) is 5.82 Å². The third-order valence-corrected chi connectivity index (χ3v) is 3.58. The summed E-state index contributed by atoms with van der Waals surface area (Å²) < 4.78 is 24.3. The van der Waals surface area contributed by atoms with Gasteiger partial charge in [0.25, 0.3) is 0 Å². The number of aryl methyl sites for hydroxylation is 1. The van der Waals surface area contributed by atoms with Gasteiger partial charge in [-0.05, 0) is 44.0 Å². The van der Waals surface area contributed by atoms with Crippen LogP contribution in [0, 0.1) is 12.7 Å². The van der Waals surface area contributed by atoms with Crippen molar-refractivity contribution < 1.29 is 13.9 Å². The van der Waals surface area contributed by atoms with Crippen molar-refractivity contribution in [3.05, 3.63) is 29.1 Å². The average Bonchev–Trinajstić information content (AvgIpc) is 2.42. The molecule has 0 amide bonds. The molecular weight excluding hydrogens is 271 g/mol. The van der Waals surface area contributed by atoms with Crippen LogP contribution in [0.3, 0.4) is 0 Å². The van der Waals surface area contributed by atoms with E-state index in [1.165, 1.54) is 6.07 Å². The second kappa shape index (κ2) is 8.32. The molecule has 0 aromatic heterocycles. The van der Waals surface area contributed by atoms with Crippen LogP contribution < -0.4 is 10.6 Å². The highest BCUT2D eigenvalue weighted by molar-refractivity contribution is 5.57. The minimum absolute atomic E-state index is 0.146. The van der Waals surface area contributed by atoms with Gasteiger partial charge >= 0.3 is 0 Å². The molecule has 0 fully saturated rings. The maximum atomic E-state index is 13.9. The molecule has 1 unspecified atom stereocenters. The van der Waals surface area contributed by atoms with Crippen LogP contribution in [-0.4, -0.2) is 40.0 Å². The summed E-state index contributed by atoms with van der Waals surface area (Å²) >= 11 is 0. The van der Waals surface area contributed by atoms with Gasteiger partial charge in [-0.3, -0.25) is 0 Å². The smallest absolute Gasteiger partial charge is 0.126 e. The molecule has 5 heteroatoms. The van der Waals surface area contributed by atoms with Crippen LogP contribution in [0.1, 0.15) is 31.0 Å². The Morgan fingerprint density at radius 1 is 1.24 bits per heavy atom. The van der Waals surface area contributed by atoms with E-state index in [0.29, 0.717) is 25.3 Å². The molecule has 0 aliphatic rings. The lowest BCUT2D eigenvalue weighted by atomic mass is 10.0. The Bertz CT molecular complexity index is 452.